The fourth-order valence-corrected chi connectivity index (χ4v) is 2.03. The van der Waals surface area contributed by atoms with Crippen LogP contribution in [0, 0.1) is 0 Å². The lowest BCUT2D eigenvalue weighted by molar-refractivity contribution is 0.357. The number of nitrogens with zero attached hydrogens (tertiary/aromatic N) is 1. The van der Waals surface area contributed by atoms with Crippen LogP contribution in [0.5, 0.6) is 0 Å². The molecule has 128 valence electrons. The molecular formula is C20H38N2. The molecule has 1 saturated heterocycles. The van der Waals surface area contributed by atoms with E-state index in [1.165, 1.54) is 31.4 Å². The minimum atomic E-state index is 0.662. The predicted octanol–water partition coefficient (Wildman–Crippen LogP) is 5.12. The first-order valence-corrected chi connectivity index (χ1v) is 8.70. The summed E-state index contributed by atoms with van der Waals surface area (Å²) in [5, 5.41) is 3.08. The van der Waals surface area contributed by atoms with Crippen molar-refractivity contribution in [1.82, 2.24) is 10.2 Å². The van der Waals surface area contributed by atoms with Crippen LogP contribution in [0.2, 0.25) is 0 Å². The number of nitrogens with one attached hydrogen (secondary N) is 1. The molecule has 1 fully saturated rings. The maximum absolute atomic E-state index is 3.75. The number of benzene rings is 1. The summed E-state index contributed by atoms with van der Waals surface area (Å²) >= 11 is 0. The summed E-state index contributed by atoms with van der Waals surface area (Å²) in [7, 11) is 4.10. The van der Waals surface area contributed by atoms with Crippen molar-refractivity contribution in [3.63, 3.8) is 0 Å². The normalized spacial score (nSPS) is 16.2. The highest BCUT2D eigenvalue weighted by molar-refractivity contribution is 5.13. The topological polar surface area (TPSA) is 15.3 Å². The van der Waals surface area contributed by atoms with Gasteiger partial charge in [0.2, 0.25) is 0 Å². The van der Waals surface area contributed by atoms with Crippen LogP contribution in [0.1, 0.15) is 52.5 Å². The summed E-state index contributed by atoms with van der Waals surface area (Å²) < 4.78 is 0. The van der Waals surface area contributed by atoms with Crippen molar-refractivity contribution in [2.75, 3.05) is 20.6 Å². The van der Waals surface area contributed by atoms with Crippen LogP contribution in [0.3, 0.4) is 0 Å². The molecule has 0 spiro atoms. The molecule has 0 amide bonds. The minimum absolute atomic E-state index is 0.662. The largest absolute Gasteiger partial charge is 0.316 e. The fraction of sp³-hybridized carbons (Fsp3) is 0.600. The van der Waals surface area contributed by atoms with E-state index in [9.17, 15) is 0 Å². The smallest absolute Gasteiger partial charge is 0.0273 e. The van der Waals surface area contributed by atoms with Crippen LogP contribution in [0.15, 0.2) is 43.0 Å². The van der Waals surface area contributed by atoms with Gasteiger partial charge in [-0.1, -0.05) is 70.5 Å². The summed E-state index contributed by atoms with van der Waals surface area (Å²) in [6, 6.07) is 11.0. The third-order valence-corrected chi connectivity index (χ3v) is 3.07. The van der Waals surface area contributed by atoms with E-state index in [0.29, 0.717) is 6.04 Å². The van der Waals surface area contributed by atoms with E-state index in [-0.39, 0.29) is 0 Å². The Bertz CT molecular complexity index is 322. The molecule has 1 heterocycles. The second-order valence-electron chi connectivity index (χ2n) is 5.15. The SMILES string of the molecule is C=CC1CCCN1C.CC.CCC.CNCc1ccccc1. The molecule has 2 rings (SSSR count). The van der Waals surface area contributed by atoms with Gasteiger partial charge < -0.3 is 5.32 Å². The minimum Gasteiger partial charge on any atom is -0.316 e. The third-order valence-electron chi connectivity index (χ3n) is 3.07. The van der Waals surface area contributed by atoms with Crippen molar-refractivity contribution in [3.05, 3.63) is 48.6 Å². The zero-order valence-electron chi connectivity index (χ0n) is 15.7. The number of hydrogen-bond donors (Lipinski definition) is 1. The molecule has 1 aromatic rings. The molecule has 2 nitrogen and oxygen atoms in total. The molecule has 0 aromatic heterocycles. The van der Waals surface area contributed by atoms with Crippen molar-refractivity contribution >= 4 is 0 Å². The van der Waals surface area contributed by atoms with Crippen molar-refractivity contribution in [2.45, 2.75) is 59.5 Å². The van der Waals surface area contributed by atoms with Gasteiger partial charge in [-0.2, -0.15) is 0 Å². The number of likely N-dealkylation sites (tertiary alicyclic amines) is 1. The average molecular weight is 307 g/mol. The second-order valence-corrected chi connectivity index (χ2v) is 5.15. The number of likely N-dealkylation sites (N-methyl/N-ethyl adjacent to an activating group) is 1. The fourth-order valence-electron chi connectivity index (χ4n) is 2.03. The van der Waals surface area contributed by atoms with Gasteiger partial charge >= 0.3 is 0 Å². The monoisotopic (exact) mass is 306 g/mol. The van der Waals surface area contributed by atoms with Crippen LogP contribution >= 0.6 is 0 Å². The summed E-state index contributed by atoms with van der Waals surface area (Å²) in [6.45, 7) is 14.2. The zero-order chi connectivity index (χ0) is 17.2. The van der Waals surface area contributed by atoms with Crippen molar-refractivity contribution in [3.8, 4) is 0 Å². The van der Waals surface area contributed by atoms with Gasteiger partial charge in [-0.05, 0) is 39.0 Å². The molecule has 1 atom stereocenters. The van der Waals surface area contributed by atoms with Gasteiger partial charge in [-0.15, -0.1) is 6.58 Å². The van der Waals surface area contributed by atoms with Crippen LogP contribution in [0.25, 0.3) is 0 Å². The molecule has 0 aliphatic carbocycles. The highest BCUT2D eigenvalue weighted by Gasteiger charge is 2.16. The van der Waals surface area contributed by atoms with Crippen molar-refractivity contribution in [2.24, 2.45) is 0 Å². The number of rotatable bonds is 3. The summed E-state index contributed by atoms with van der Waals surface area (Å²) in [6.07, 6.45) is 5.93. The van der Waals surface area contributed by atoms with Crippen molar-refractivity contribution in [1.29, 1.82) is 0 Å². The Morgan fingerprint density at radius 3 is 2.09 bits per heavy atom. The standard InChI is InChI=1S/C8H11N.C7H13N.C3H8.C2H6/c1-9-7-8-5-3-2-4-6-8;1-3-7-5-4-6-8(7)2;1-3-2;1-2/h2-6,9H,7H2,1H3;3,7H,1,4-6H2,2H3;3H2,1-2H3;1-2H3. The Kier molecular flexibility index (Phi) is 18.9. The molecule has 1 aliphatic rings. The van der Waals surface area contributed by atoms with E-state index in [4.69, 9.17) is 0 Å². The third kappa shape index (κ3) is 12.6. The van der Waals surface area contributed by atoms with Gasteiger partial charge in [0.1, 0.15) is 0 Å². The van der Waals surface area contributed by atoms with E-state index in [1.807, 2.05) is 45.2 Å². The highest BCUT2D eigenvalue weighted by Crippen LogP contribution is 2.14. The van der Waals surface area contributed by atoms with Gasteiger partial charge in [-0.3, -0.25) is 4.90 Å². The number of hydrogen-bond acceptors (Lipinski definition) is 2. The second kappa shape index (κ2) is 17.9. The predicted molar refractivity (Wildman–Crippen MR) is 102 cm³/mol. The molecule has 1 N–H and O–H groups in total. The molecule has 22 heavy (non-hydrogen) atoms. The van der Waals surface area contributed by atoms with Gasteiger partial charge in [0.25, 0.3) is 0 Å². The summed E-state index contributed by atoms with van der Waals surface area (Å²) in [4.78, 5) is 2.34. The molecule has 2 heteroatoms. The van der Waals surface area contributed by atoms with E-state index < -0.39 is 0 Å². The Morgan fingerprint density at radius 2 is 1.77 bits per heavy atom. The quantitative estimate of drug-likeness (QED) is 0.780. The maximum atomic E-state index is 3.75. The molecule has 1 aromatic carbocycles. The Hall–Kier alpha value is -1.12. The lowest BCUT2D eigenvalue weighted by Crippen LogP contribution is -2.21. The van der Waals surface area contributed by atoms with Crippen molar-refractivity contribution < 1.29 is 0 Å². The first-order valence-electron chi connectivity index (χ1n) is 8.70. The maximum Gasteiger partial charge on any atom is 0.0273 e. The molecule has 0 bridgehead atoms. The lowest BCUT2D eigenvalue weighted by atomic mass is 10.2. The van der Waals surface area contributed by atoms with E-state index in [0.717, 1.165) is 6.54 Å². The summed E-state index contributed by atoms with van der Waals surface area (Å²) in [5.74, 6) is 0. The van der Waals surface area contributed by atoms with Gasteiger partial charge in [-0.25, -0.2) is 0 Å². The molecular weight excluding hydrogens is 268 g/mol. The van der Waals surface area contributed by atoms with E-state index in [1.54, 1.807) is 0 Å². The average Bonchev–Trinajstić information content (AvgIpc) is 2.97. The van der Waals surface area contributed by atoms with Crippen LogP contribution < -0.4 is 5.32 Å². The highest BCUT2D eigenvalue weighted by atomic mass is 15.1. The van der Waals surface area contributed by atoms with Gasteiger partial charge in [0.15, 0.2) is 0 Å². The van der Waals surface area contributed by atoms with Gasteiger partial charge in [0.05, 0.1) is 0 Å². The van der Waals surface area contributed by atoms with Gasteiger partial charge in [0, 0.05) is 12.6 Å². The first-order chi connectivity index (χ1) is 10.7. The van der Waals surface area contributed by atoms with Crippen LogP contribution in [-0.4, -0.2) is 31.6 Å². The molecule has 0 saturated carbocycles. The zero-order valence-corrected chi connectivity index (χ0v) is 15.7. The van der Waals surface area contributed by atoms with Crippen LogP contribution in [-0.2, 0) is 6.54 Å². The first kappa shape index (κ1) is 23.2. The molecule has 1 aliphatic heterocycles. The summed E-state index contributed by atoms with van der Waals surface area (Å²) in [5.41, 5.74) is 1.33. The van der Waals surface area contributed by atoms with E-state index >= 15 is 0 Å². The van der Waals surface area contributed by atoms with E-state index in [2.05, 4.69) is 49.8 Å². The Morgan fingerprint density at radius 1 is 1.23 bits per heavy atom. The Balaban J connectivity index is 0. The van der Waals surface area contributed by atoms with Crippen LogP contribution in [0.4, 0.5) is 0 Å². The lowest BCUT2D eigenvalue weighted by Gasteiger charge is -2.13. The molecule has 0 radical (unpaired) electrons. The molecule has 1 unspecified atom stereocenters. The Labute approximate surface area is 139 Å².